The number of nitrogens with zero attached hydrogens (tertiary/aromatic N) is 3. The summed E-state index contributed by atoms with van der Waals surface area (Å²) < 4.78 is 5.37. The largest absolute Gasteiger partial charge is 0.497 e. The van der Waals surface area contributed by atoms with Crippen molar-refractivity contribution in [2.75, 3.05) is 38.2 Å². The minimum absolute atomic E-state index is 0.0712. The number of carbonyl (C=O) groups is 1. The van der Waals surface area contributed by atoms with Gasteiger partial charge >= 0.3 is 0 Å². The third kappa shape index (κ3) is 4.21. The second kappa shape index (κ2) is 9.18. The molecular weight excluding hydrogens is 422 g/mol. The predicted octanol–water partition coefficient (Wildman–Crippen LogP) is 5.49. The van der Waals surface area contributed by atoms with Gasteiger partial charge in [-0.25, -0.2) is 0 Å². The van der Waals surface area contributed by atoms with Crippen molar-refractivity contribution in [3.05, 3.63) is 89.6 Å². The lowest BCUT2D eigenvalue weighted by Gasteiger charge is -2.36. The Balaban J connectivity index is 1.42. The lowest BCUT2D eigenvalue weighted by Crippen LogP contribution is -2.48. The van der Waals surface area contributed by atoms with Crippen LogP contribution in [0.2, 0.25) is 0 Å². The lowest BCUT2D eigenvalue weighted by molar-refractivity contribution is 0.0748. The number of aromatic nitrogens is 1. The van der Waals surface area contributed by atoms with E-state index in [0.29, 0.717) is 13.1 Å². The van der Waals surface area contributed by atoms with E-state index in [1.54, 1.807) is 7.11 Å². The maximum Gasteiger partial charge on any atom is 0.254 e. The van der Waals surface area contributed by atoms with Gasteiger partial charge in [0.25, 0.3) is 5.91 Å². The van der Waals surface area contributed by atoms with Crippen molar-refractivity contribution < 1.29 is 9.53 Å². The molecule has 0 spiro atoms. The molecule has 1 aliphatic rings. The highest BCUT2D eigenvalue weighted by Gasteiger charge is 2.25. The fourth-order valence-electron chi connectivity index (χ4n) is 4.66. The summed E-state index contributed by atoms with van der Waals surface area (Å²) in [5, 5.41) is 0.906. The minimum Gasteiger partial charge on any atom is -0.497 e. The van der Waals surface area contributed by atoms with Gasteiger partial charge in [0.1, 0.15) is 5.75 Å². The Kier molecular flexibility index (Phi) is 5.93. The molecule has 0 bridgehead atoms. The standard InChI is InChI=1S/C29H29N3O2/c1-20-10-12-22(13-11-20)25-8-5-9-26-27(18-21(2)30-28(25)26)29(33)32-16-14-31(15-17-32)23-6-4-7-24(19-23)34-3/h4-13,18-19H,14-17H2,1-3H3. The average Bonchev–Trinajstić information content (AvgIpc) is 2.88. The van der Waals surface area contributed by atoms with Crippen LogP contribution in [-0.4, -0.2) is 49.1 Å². The fraction of sp³-hybridized carbons (Fsp3) is 0.241. The molecule has 2 heterocycles. The van der Waals surface area contributed by atoms with Crippen LogP contribution in [0.4, 0.5) is 5.69 Å². The summed E-state index contributed by atoms with van der Waals surface area (Å²) in [5.74, 6) is 0.918. The molecule has 0 N–H and O–H groups in total. The second-order valence-corrected chi connectivity index (χ2v) is 8.86. The van der Waals surface area contributed by atoms with E-state index in [-0.39, 0.29) is 5.91 Å². The Morgan fingerprint density at radius 3 is 2.35 bits per heavy atom. The number of anilines is 1. The zero-order valence-corrected chi connectivity index (χ0v) is 19.9. The van der Waals surface area contributed by atoms with Crippen LogP contribution in [0.5, 0.6) is 5.75 Å². The SMILES string of the molecule is COc1cccc(N2CCN(C(=O)c3cc(C)nc4c(-c5ccc(C)cc5)cccc34)CC2)c1. The first kappa shape index (κ1) is 22.0. The Labute approximate surface area is 200 Å². The summed E-state index contributed by atoms with van der Waals surface area (Å²) in [6.07, 6.45) is 0. The van der Waals surface area contributed by atoms with Gasteiger partial charge in [-0.2, -0.15) is 0 Å². The molecule has 4 aromatic rings. The molecule has 5 rings (SSSR count). The van der Waals surface area contributed by atoms with Gasteiger partial charge in [0.15, 0.2) is 0 Å². The van der Waals surface area contributed by atoms with Crippen LogP contribution in [0.1, 0.15) is 21.6 Å². The van der Waals surface area contributed by atoms with Crippen LogP contribution in [0.15, 0.2) is 72.8 Å². The van der Waals surface area contributed by atoms with Gasteiger partial charge in [-0.05, 0) is 37.6 Å². The van der Waals surface area contributed by atoms with E-state index in [9.17, 15) is 4.79 Å². The fourth-order valence-corrected chi connectivity index (χ4v) is 4.66. The van der Waals surface area contributed by atoms with Crippen LogP contribution in [0.25, 0.3) is 22.0 Å². The Bertz CT molecular complexity index is 1340. The minimum atomic E-state index is 0.0712. The number of methoxy groups -OCH3 is 1. The number of fused-ring (bicyclic) bond motifs is 1. The lowest BCUT2D eigenvalue weighted by atomic mass is 9.97. The molecule has 0 atom stereocenters. The summed E-state index contributed by atoms with van der Waals surface area (Å²) >= 11 is 0. The number of amides is 1. The van der Waals surface area contributed by atoms with Crippen molar-refractivity contribution in [3.8, 4) is 16.9 Å². The molecule has 1 aromatic heterocycles. The molecule has 1 amide bonds. The van der Waals surface area contributed by atoms with Crippen molar-refractivity contribution in [3.63, 3.8) is 0 Å². The maximum atomic E-state index is 13.7. The number of aryl methyl sites for hydroxylation is 2. The number of piperazine rings is 1. The first-order valence-corrected chi connectivity index (χ1v) is 11.7. The third-order valence-electron chi connectivity index (χ3n) is 6.55. The molecule has 172 valence electrons. The van der Waals surface area contributed by atoms with E-state index in [1.165, 1.54) is 5.56 Å². The van der Waals surface area contributed by atoms with E-state index < -0.39 is 0 Å². The molecule has 5 heteroatoms. The van der Waals surface area contributed by atoms with Crippen LogP contribution in [0, 0.1) is 13.8 Å². The summed E-state index contributed by atoms with van der Waals surface area (Å²) in [4.78, 5) is 22.8. The highest BCUT2D eigenvalue weighted by atomic mass is 16.5. The quantitative estimate of drug-likeness (QED) is 0.412. The van der Waals surface area contributed by atoms with Crippen LogP contribution in [0.3, 0.4) is 0 Å². The Morgan fingerprint density at radius 1 is 0.882 bits per heavy atom. The van der Waals surface area contributed by atoms with Gasteiger partial charge in [0.2, 0.25) is 0 Å². The predicted molar refractivity (Wildman–Crippen MR) is 138 cm³/mol. The van der Waals surface area contributed by atoms with Crippen molar-refractivity contribution >= 4 is 22.5 Å². The van der Waals surface area contributed by atoms with Gasteiger partial charge in [-0.3, -0.25) is 9.78 Å². The molecule has 0 saturated carbocycles. The van der Waals surface area contributed by atoms with E-state index >= 15 is 0 Å². The molecule has 1 fully saturated rings. The van der Waals surface area contributed by atoms with Gasteiger partial charge < -0.3 is 14.5 Å². The molecule has 1 aliphatic heterocycles. The molecule has 34 heavy (non-hydrogen) atoms. The molecule has 5 nitrogen and oxygen atoms in total. The number of ether oxygens (including phenoxy) is 1. The van der Waals surface area contributed by atoms with Gasteiger partial charge in [-0.1, -0.05) is 54.1 Å². The summed E-state index contributed by atoms with van der Waals surface area (Å²) in [6.45, 7) is 6.97. The molecule has 1 saturated heterocycles. The molecule has 0 aliphatic carbocycles. The molecule has 0 unspecified atom stereocenters. The van der Waals surface area contributed by atoms with Crippen molar-refractivity contribution in [2.24, 2.45) is 0 Å². The number of hydrogen-bond acceptors (Lipinski definition) is 4. The molecule has 3 aromatic carbocycles. The smallest absolute Gasteiger partial charge is 0.254 e. The van der Waals surface area contributed by atoms with E-state index in [2.05, 4.69) is 48.2 Å². The monoisotopic (exact) mass is 451 g/mol. The summed E-state index contributed by atoms with van der Waals surface area (Å²) in [7, 11) is 1.68. The number of benzene rings is 3. The first-order chi connectivity index (χ1) is 16.5. The zero-order chi connectivity index (χ0) is 23.7. The van der Waals surface area contributed by atoms with Crippen LogP contribution < -0.4 is 9.64 Å². The number of carbonyl (C=O) groups excluding carboxylic acids is 1. The number of hydrogen-bond donors (Lipinski definition) is 0. The van der Waals surface area contributed by atoms with Gasteiger partial charge in [0, 0.05) is 54.6 Å². The molecule has 0 radical (unpaired) electrons. The zero-order valence-electron chi connectivity index (χ0n) is 19.9. The van der Waals surface area contributed by atoms with Gasteiger partial charge in [-0.15, -0.1) is 0 Å². The van der Waals surface area contributed by atoms with E-state index in [4.69, 9.17) is 9.72 Å². The third-order valence-corrected chi connectivity index (χ3v) is 6.55. The summed E-state index contributed by atoms with van der Waals surface area (Å²) in [5.41, 5.74) is 6.97. The number of pyridine rings is 1. The van der Waals surface area contributed by atoms with Crippen molar-refractivity contribution in [1.29, 1.82) is 0 Å². The highest BCUT2D eigenvalue weighted by molar-refractivity contribution is 6.09. The Morgan fingerprint density at radius 2 is 1.62 bits per heavy atom. The van der Waals surface area contributed by atoms with Crippen LogP contribution in [-0.2, 0) is 0 Å². The van der Waals surface area contributed by atoms with Gasteiger partial charge in [0.05, 0.1) is 18.2 Å². The van der Waals surface area contributed by atoms with E-state index in [0.717, 1.165) is 57.8 Å². The Hall–Kier alpha value is -3.86. The van der Waals surface area contributed by atoms with E-state index in [1.807, 2.05) is 48.2 Å². The second-order valence-electron chi connectivity index (χ2n) is 8.86. The van der Waals surface area contributed by atoms with Crippen molar-refractivity contribution in [2.45, 2.75) is 13.8 Å². The van der Waals surface area contributed by atoms with Crippen LogP contribution >= 0.6 is 0 Å². The normalized spacial score (nSPS) is 13.9. The topological polar surface area (TPSA) is 45.7 Å². The van der Waals surface area contributed by atoms with Crippen molar-refractivity contribution in [1.82, 2.24) is 9.88 Å². The number of para-hydroxylation sites is 1. The first-order valence-electron chi connectivity index (χ1n) is 11.7. The maximum absolute atomic E-state index is 13.7. The summed E-state index contributed by atoms with van der Waals surface area (Å²) in [6, 6.07) is 24.6. The molecular formula is C29H29N3O2. The average molecular weight is 452 g/mol. The number of rotatable bonds is 4. The highest BCUT2D eigenvalue weighted by Crippen LogP contribution is 2.31.